The van der Waals surface area contributed by atoms with Gasteiger partial charge in [-0.1, -0.05) is 91.0 Å². The molecule has 1 heterocycles. The molecule has 0 radical (unpaired) electrons. The van der Waals surface area contributed by atoms with Gasteiger partial charge in [-0.15, -0.1) is 0 Å². The van der Waals surface area contributed by atoms with Gasteiger partial charge in [-0.25, -0.2) is 0 Å². The van der Waals surface area contributed by atoms with Gasteiger partial charge in [-0.3, -0.25) is 0 Å². The van der Waals surface area contributed by atoms with E-state index >= 15 is 0 Å². The van der Waals surface area contributed by atoms with Crippen molar-refractivity contribution in [2.24, 2.45) is 0 Å². The van der Waals surface area contributed by atoms with Gasteiger partial charge < -0.3 is 28.8 Å². The highest BCUT2D eigenvalue weighted by Crippen LogP contribution is 2.32. The minimum Gasteiger partial charge on any atom is -0.507 e. The fraction of sp³-hybridized carbons (Fsp3) is 0.294. The molecule has 6 nitrogen and oxygen atoms in total. The highest BCUT2D eigenvalue weighted by atomic mass is 16.6. The number of aromatic hydroxyl groups is 1. The van der Waals surface area contributed by atoms with Crippen molar-refractivity contribution in [3.63, 3.8) is 0 Å². The lowest BCUT2D eigenvalue weighted by Gasteiger charge is -2.21. The first-order chi connectivity index (χ1) is 19.8. The predicted molar refractivity (Wildman–Crippen MR) is 154 cm³/mol. The molecule has 40 heavy (non-hydrogen) atoms. The highest BCUT2D eigenvalue weighted by molar-refractivity contribution is 5.67. The van der Waals surface area contributed by atoms with E-state index in [9.17, 15) is 5.11 Å². The number of phenolic OH excluding ortho intramolecular Hbond substituents is 1. The molecule has 2 atom stereocenters. The average Bonchev–Trinajstić information content (AvgIpc) is 3.01. The van der Waals surface area contributed by atoms with Gasteiger partial charge >= 0.3 is 0 Å². The van der Waals surface area contributed by atoms with E-state index in [-0.39, 0.29) is 31.2 Å². The molecule has 0 amide bonds. The molecule has 1 aliphatic heterocycles. The second-order valence-corrected chi connectivity index (χ2v) is 9.69. The van der Waals surface area contributed by atoms with Crippen molar-refractivity contribution >= 4 is 0 Å². The number of ether oxygens (including phenoxy) is 5. The Balaban J connectivity index is 1.40. The maximum atomic E-state index is 11.2. The number of hydrogen-bond acceptors (Lipinski definition) is 6. The zero-order chi connectivity index (χ0) is 27.4. The van der Waals surface area contributed by atoms with Gasteiger partial charge in [-0.2, -0.15) is 0 Å². The summed E-state index contributed by atoms with van der Waals surface area (Å²) < 4.78 is 30.4. The van der Waals surface area contributed by atoms with E-state index in [2.05, 4.69) is 12.1 Å². The molecule has 0 aromatic heterocycles. The molecule has 2 bridgehead atoms. The van der Waals surface area contributed by atoms with Crippen LogP contribution in [0.15, 0.2) is 103 Å². The Hall–Kier alpha value is -3.52. The lowest BCUT2D eigenvalue weighted by atomic mass is 9.99. The monoisotopic (exact) mass is 540 g/mol. The van der Waals surface area contributed by atoms with Crippen molar-refractivity contribution in [1.29, 1.82) is 0 Å². The molecule has 0 unspecified atom stereocenters. The maximum absolute atomic E-state index is 11.2. The summed E-state index contributed by atoms with van der Waals surface area (Å²) in [6, 6.07) is 34.1. The van der Waals surface area contributed by atoms with Gasteiger partial charge in [-0.05, 0) is 34.4 Å². The molecule has 5 rings (SSSR count). The molecule has 1 N–H and O–H groups in total. The summed E-state index contributed by atoms with van der Waals surface area (Å²) in [5, 5.41) is 11.2. The molecule has 4 aromatic carbocycles. The zero-order valence-corrected chi connectivity index (χ0v) is 22.6. The van der Waals surface area contributed by atoms with E-state index in [1.165, 1.54) is 0 Å². The normalized spacial score (nSPS) is 19.8. The Morgan fingerprint density at radius 1 is 0.500 bits per heavy atom. The first-order valence-corrected chi connectivity index (χ1v) is 13.7. The van der Waals surface area contributed by atoms with Gasteiger partial charge in [0.05, 0.1) is 52.9 Å². The van der Waals surface area contributed by atoms with E-state index in [0.29, 0.717) is 50.8 Å². The minimum absolute atomic E-state index is 0.184. The molecular weight excluding hydrogens is 504 g/mol. The average molecular weight is 541 g/mol. The first-order valence-electron chi connectivity index (χ1n) is 13.7. The van der Waals surface area contributed by atoms with Crippen molar-refractivity contribution in [2.75, 3.05) is 39.6 Å². The smallest absolute Gasteiger partial charge is 0.126 e. The number of fused-ring (bicyclic) bond motifs is 2. The number of benzene rings is 4. The van der Waals surface area contributed by atoms with Crippen molar-refractivity contribution < 1.29 is 28.8 Å². The summed E-state index contributed by atoms with van der Waals surface area (Å²) >= 11 is 0. The summed E-state index contributed by atoms with van der Waals surface area (Å²) in [7, 11) is 0. The third-order valence-electron chi connectivity index (χ3n) is 6.86. The van der Waals surface area contributed by atoms with Gasteiger partial charge in [0.25, 0.3) is 0 Å². The third-order valence-corrected chi connectivity index (χ3v) is 6.86. The molecule has 0 aliphatic carbocycles. The van der Waals surface area contributed by atoms with Crippen LogP contribution in [0.2, 0.25) is 0 Å². The topological polar surface area (TPSA) is 66.4 Å². The van der Waals surface area contributed by atoms with Gasteiger partial charge in [0.15, 0.2) is 0 Å². The lowest BCUT2D eigenvalue weighted by molar-refractivity contribution is -0.0645. The van der Waals surface area contributed by atoms with Crippen molar-refractivity contribution in [2.45, 2.75) is 25.4 Å². The van der Waals surface area contributed by atoms with Crippen LogP contribution in [0.4, 0.5) is 0 Å². The Kier molecular flexibility index (Phi) is 10.3. The lowest BCUT2D eigenvalue weighted by Crippen LogP contribution is -2.18. The molecule has 0 spiro atoms. The fourth-order valence-corrected chi connectivity index (χ4v) is 4.75. The van der Waals surface area contributed by atoms with Gasteiger partial charge in [0.2, 0.25) is 0 Å². The molecule has 0 saturated heterocycles. The van der Waals surface area contributed by atoms with Crippen molar-refractivity contribution in [3.8, 4) is 16.9 Å². The van der Waals surface area contributed by atoms with Gasteiger partial charge in [0, 0.05) is 11.1 Å². The quantitative estimate of drug-likeness (QED) is 0.314. The van der Waals surface area contributed by atoms with E-state index in [1.54, 1.807) is 0 Å². The standard InChI is InChI=1S/C34H36O6/c35-34-30-20-29(26-10-4-1-5-11-26)21-31(34)23-38-25-33(28-14-8-3-9-15-28)40-19-17-36-16-18-39-32(24-37-22-30)27-12-6-2-7-13-27/h1-15,20-21,32-33,35H,16-19,22-25H2/t32-,33-/m1/s1. The predicted octanol–water partition coefficient (Wildman–Crippen LogP) is 6.64. The molecular formula is C34H36O6. The van der Waals surface area contributed by atoms with E-state index in [4.69, 9.17) is 23.7 Å². The molecule has 1 aliphatic rings. The summed E-state index contributed by atoms with van der Waals surface area (Å²) in [6.07, 6.45) is -0.519. The molecule has 6 heteroatoms. The minimum atomic E-state index is -0.260. The highest BCUT2D eigenvalue weighted by Gasteiger charge is 2.18. The van der Waals surface area contributed by atoms with E-state index in [0.717, 1.165) is 22.3 Å². The second kappa shape index (κ2) is 14.7. The fourth-order valence-electron chi connectivity index (χ4n) is 4.75. The first kappa shape index (κ1) is 28.0. The van der Waals surface area contributed by atoms with E-state index in [1.807, 2.05) is 91.0 Å². The molecule has 208 valence electrons. The van der Waals surface area contributed by atoms with Crippen molar-refractivity contribution in [1.82, 2.24) is 0 Å². The van der Waals surface area contributed by atoms with Crippen LogP contribution < -0.4 is 0 Å². The van der Waals surface area contributed by atoms with Crippen LogP contribution in [0.25, 0.3) is 11.1 Å². The molecule has 4 aromatic rings. The Morgan fingerprint density at radius 2 is 0.950 bits per heavy atom. The van der Waals surface area contributed by atoms with Crippen LogP contribution in [0.5, 0.6) is 5.75 Å². The Morgan fingerprint density at radius 3 is 1.43 bits per heavy atom. The van der Waals surface area contributed by atoms with Crippen LogP contribution in [-0.2, 0) is 36.9 Å². The van der Waals surface area contributed by atoms with Crippen molar-refractivity contribution in [3.05, 3.63) is 125 Å². The Bertz CT molecular complexity index is 1220. The Labute approximate surface area is 236 Å². The second-order valence-electron chi connectivity index (χ2n) is 9.69. The zero-order valence-electron chi connectivity index (χ0n) is 22.6. The van der Waals surface area contributed by atoms with Crippen LogP contribution in [0.1, 0.15) is 34.5 Å². The van der Waals surface area contributed by atoms with Gasteiger partial charge in [0.1, 0.15) is 18.0 Å². The van der Waals surface area contributed by atoms with E-state index < -0.39 is 0 Å². The van der Waals surface area contributed by atoms with Crippen LogP contribution >= 0.6 is 0 Å². The summed E-state index contributed by atoms with van der Waals surface area (Å²) in [5.74, 6) is 0.184. The summed E-state index contributed by atoms with van der Waals surface area (Å²) in [4.78, 5) is 0. The molecule has 0 fully saturated rings. The summed E-state index contributed by atoms with van der Waals surface area (Å²) in [5.41, 5.74) is 5.51. The molecule has 0 saturated carbocycles. The summed E-state index contributed by atoms with van der Waals surface area (Å²) in [6.45, 7) is 2.89. The largest absolute Gasteiger partial charge is 0.507 e. The van der Waals surface area contributed by atoms with Crippen LogP contribution in [0.3, 0.4) is 0 Å². The third kappa shape index (κ3) is 7.78. The number of rotatable bonds is 3. The number of phenols is 1. The van der Waals surface area contributed by atoms with Crippen LogP contribution in [-0.4, -0.2) is 44.7 Å². The number of hydrogen-bond donors (Lipinski definition) is 1. The maximum Gasteiger partial charge on any atom is 0.126 e. The SMILES string of the molecule is Oc1c2cc(-c3ccccc3)cc1COC[C@H](c1ccccc1)OCCOCCO[C@@H](c1ccccc1)COC2. The van der Waals surface area contributed by atoms with Crippen LogP contribution in [0, 0.1) is 0 Å².